The number of nitrogens with zero attached hydrogens (tertiary/aromatic N) is 1. The van der Waals surface area contributed by atoms with Gasteiger partial charge in [-0.25, -0.2) is 4.85 Å². The molecule has 1 aliphatic rings. The topological polar surface area (TPSA) is 50.5 Å². The zero-order valence-corrected chi connectivity index (χ0v) is 14.6. The Hall–Kier alpha value is -2.37. The van der Waals surface area contributed by atoms with E-state index in [1.165, 1.54) is 0 Å². The van der Waals surface area contributed by atoms with Crippen LogP contribution in [0.25, 0.3) is 4.85 Å². The minimum atomic E-state index is -0.392. The van der Waals surface area contributed by atoms with Crippen molar-refractivity contribution >= 4 is 18.3 Å². The van der Waals surface area contributed by atoms with Gasteiger partial charge in [-0.05, 0) is 41.7 Å². The van der Waals surface area contributed by atoms with Crippen LogP contribution in [-0.2, 0) is 25.4 Å². The molecule has 0 atom stereocenters. The molecule has 0 radical (unpaired) electrons. The summed E-state index contributed by atoms with van der Waals surface area (Å²) in [6.45, 7) is 8.92. The standard InChI is InChI=1S/C19H20BNO5/c1-21-16-4-6-17(7-5-16)26-18-8-9-19(20-24-10-3-11-25-20)15(12-18)13-23-14-22-2/h4-9,12H,3,10-11,13-14H2,2H3. The molecule has 2 aromatic carbocycles. The summed E-state index contributed by atoms with van der Waals surface area (Å²) in [6, 6.07) is 12.7. The maximum Gasteiger partial charge on any atom is 0.494 e. The van der Waals surface area contributed by atoms with Crippen LogP contribution in [0.2, 0.25) is 0 Å². The van der Waals surface area contributed by atoms with Crippen molar-refractivity contribution in [3.8, 4) is 11.5 Å². The highest BCUT2D eigenvalue weighted by Crippen LogP contribution is 2.25. The van der Waals surface area contributed by atoms with Crippen molar-refractivity contribution in [2.75, 3.05) is 27.1 Å². The second-order valence-corrected chi connectivity index (χ2v) is 5.75. The lowest BCUT2D eigenvalue weighted by Gasteiger charge is -2.22. The largest absolute Gasteiger partial charge is 0.494 e. The molecule has 1 aliphatic heterocycles. The maximum absolute atomic E-state index is 7.00. The highest BCUT2D eigenvalue weighted by molar-refractivity contribution is 6.62. The first-order valence-corrected chi connectivity index (χ1v) is 8.38. The van der Waals surface area contributed by atoms with Crippen molar-refractivity contribution < 1.29 is 23.5 Å². The van der Waals surface area contributed by atoms with Crippen LogP contribution in [0.5, 0.6) is 11.5 Å². The minimum absolute atomic E-state index is 0.203. The van der Waals surface area contributed by atoms with Gasteiger partial charge >= 0.3 is 7.12 Å². The highest BCUT2D eigenvalue weighted by Gasteiger charge is 2.27. The van der Waals surface area contributed by atoms with Gasteiger partial charge in [0.2, 0.25) is 0 Å². The summed E-state index contributed by atoms with van der Waals surface area (Å²) < 4.78 is 27.8. The van der Waals surface area contributed by atoms with Crippen LogP contribution < -0.4 is 10.2 Å². The molecule has 7 heteroatoms. The Balaban J connectivity index is 1.79. The van der Waals surface area contributed by atoms with Gasteiger partial charge in [0.15, 0.2) is 5.69 Å². The van der Waals surface area contributed by atoms with E-state index in [-0.39, 0.29) is 6.79 Å². The number of methoxy groups -OCH3 is 1. The first kappa shape index (κ1) is 18.4. The van der Waals surface area contributed by atoms with E-state index < -0.39 is 7.12 Å². The van der Waals surface area contributed by atoms with Crippen LogP contribution >= 0.6 is 0 Å². The molecule has 1 saturated heterocycles. The maximum atomic E-state index is 7.00. The molecular formula is C19H20BNO5. The second kappa shape index (κ2) is 9.37. The molecule has 1 fully saturated rings. The Morgan fingerprint density at radius 1 is 1.08 bits per heavy atom. The molecule has 2 aromatic rings. The van der Waals surface area contributed by atoms with Crippen molar-refractivity contribution in [2.45, 2.75) is 13.0 Å². The minimum Gasteiger partial charge on any atom is -0.457 e. The van der Waals surface area contributed by atoms with E-state index in [9.17, 15) is 0 Å². The Bertz CT molecular complexity index is 754. The van der Waals surface area contributed by atoms with Crippen molar-refractivity contribution in [1.82, 2.24) is 0 Å². The number of hydrogen-bond donors (Lipinski definition) is 0. The normalized spacial score (nSPS) is 14.1. The van der Waals surface area contributed by atoms with Gasteiger partial charge in [0.05, 0.1) is 13.2 Å². The molecule has 0 amide bonds. The number of rotatable bonds is 7. The molecule has 134 valence electrons. The molecule has 0 saturated carbocycles. The Kier molecular flexibility index (Phi) is 6.64. The fraction of sp³-hybridized carbons (Fsp3) is 0.316. The summed E-state index contributed by atoms with van der Waals surface area (Å²) in [7, 11) is 1.19. The molecule has 0 spiro atoms. The SMILES string of the molecule is [C-]#[N+]c1ccc(Oc2ccc(B3OCCCO3)c(COCOC)c2)cc1. The number of hydrogen-bond acceptors (Lipinski definition) is 5. The second-order valence-electron chi connectivity index (χ2n) is 5.75. The van der Waals surface area contributed by atoms with Gasteiger partial charge in [-0.1, -0.05) is 18.2 Å². The zero-order valence-electron chi connectivity index (χ0n) is 14.6. The fourth-order valence-electron chi connectivity index (χ4n) is 2.63. The van der Waals surface area contributed by atoms with Gasteiger partial charge in [-0.15, -0.1) is 0 Å². The molecular weight excluding hydrogens is 333 g/mol. The van der Waals surface area contributed by atoms with E-state index in [0.717, 1.165) is 17.4 Å². The first-order valence-electron chi connectivity index (χ1n) is 8.38. The summed E-state index contributed by atoms with van der Waals surface area (Å²) in [6.07, 6.45) is 0.897. The van der Waals surface area contributed by atoms with Crippen LogP contribution in [0, 0.1) is 6.57 Å². The number of benzene rings is 2. The molecule has 0 bridgehead atoms. The van der Waals surface area contributed by atoms with Crippen molar-refractivity contribution in [1.29, 1.82) is 0 Å². The lowest BCUT2D eigenvalue weighted by Crippen LogP contribution is -2.42. The Labute approximate surface area is 153 Å². The van der Waals surface area contributed by atoms with E-state index in [0.29, 0.717) is 37.0 Å². The van der Waals surface area contributed by atoms with E-state index >= 15 is 0 Å². The van der Waals surface area contributed by atoms with Crippen LogP contribution in [0.1, 0.15) is 12.0 Å². The predicted octanol–water partition coefficient (Wildman–Crippen LogP) is 3.28. The molecule has 0 N–H and O–H groups in total. The van der Waals surface area contributed by atoms with Crippen molar-refractivity contribution in [3.05, 3.63) is 59.4 Å². The monoisotopic (exact) mass is 353 g/mol. The summed E-state index contributed by atoms with van der Waals surface area (Å²) in [5, 5.41) is 0. The molecule has 1 heterocycles. The third-order valence-electron chi connectivity index (χ3n) is 3.86. The third-order valence-corrected chi connectivity index (χ3v) is 3.86. The molecule has 3 rings (SSSR count). The summed E-state index contributed by atoms with van der Waals surface area (Å²) in [4.78, 5) is 3.38. The van der Waals surface area contributed by atoms with E-state index in [4.69, 9.17) is 30.1 Å². The average Bonchev–Trinajstić information content (AvgIpc) is 2.70. The molecule has 0 aliphatic carbocycles. The van der Waals surface area contributed by atoms with E-state index in [2.05, 4.69) is 4.85 Å². The quantitative estimate of drug-likeness (QED) is 0.331. The van der Waals surface area contributed by atoms with Crippen molar-refractivity contribution in [3.63, 3.8) is 0 Å². The third kappa shape index (κ3) is 4.84. The average molecular weight is 353 g/mol. The first-order chi connectivity index (χ1) is 12.8. The van der Waals surface area contributed by atoms with Crippen LogP contribution in [-0.4, -0.2) is 34.2 Å². The lowest BCUT2D eigenvalue weighted by atomic mass is 9.75. The number of ether oxygens (including phenoxy) is 3. The van der Waals surface area contributed by atoms with Gasteiger partial charge in [0.25, 0.3) is 0 Å². The zero-order chi connectivity index (χ0) is 18.2. The van der Waals surface area contributed by atoms with Gasteiger partial charge in [-0.2, -0.15) is 0 Å². The van der Waals surface area contributed by atoms with Gasteiger partial charge in [-0.3, -0.25) is 0 Å². The summed E-state index contributed by atoms with van der Waals surface area (Å²) in [5.74, 6) is 1.34. The fourth-order valence-corrected chi connectivity index (χ4v) is 2.63. The van der Waals surface area contributed by atoms with Gasteiger partial charge < -0.3 is 23.5 Å². The van der Waals surface area contributed by atoms with Crippen molar-refractivity contribution in [2.24, 2.45) is 0 Å². The summed E-state index contributed by atoms with van der Waals surface area (Å²) in [5.41, 5.74) is 2.42. The predicted molar refractivity (Wildman–Crippen MR) is 97.8 cm³/mol. The molecule has 26 heavy (non-hydrogen) atoms. The Morgan fingerprint density at radius 3 is 2.50 bits per heavy atom. The van der Waals surface area contributed by atoms with E-state index in [1.54, 1.807) is 31.4 Å². The molecule has 0 aromatic heterocycles. The Morgan fingerprint density at radius 2 is 1.81 bits per heavy atom. The smallest absolute Gasteiger partial charge is 0.457 e. The molecule has 0 unspecified atom stereocenters. The van der Waals surface area contributed by atoms with E-state index in [1.807, 2.05) is 18.2 Å². The van der Waals surface area contributed by atoms with Crippen LogP contribution in [0.4, 0.5) is 5.69 Å². The van der Waals surface area contributed by atoms with Crippen LogP contribution in [0.15, 0.2) is 42.5 Å². The highest BCUT2D eigenvalue weighted by atomic mass is 16.7. The summed E-state index contributed by atoms with van der Waals surface area (Å²) >= 11 is 0. The van der Waals surface area contributed by atoms with Gasteiger partial charge in [0, 0.05) is 20.3 Å². The van der Waals surface area contributed by atoms with Gasteiger partial charge in [0.1, 0.15) is 18.3 Å². The van der Waals surface area contributed by atoms with Crippen LogP contribution in [0.3, 0.4) is 0 Å². The molecule has 6 nitrogen and oxygen atoms in total. The lowest BCUT2D eigenvalue weighted by molar-refractivity contribution is -0.0389.